The minimum atomic E-state index is -0.545. The third kappa shape index (κ3) is 4.30. The Labute approximate surface area is 215 Å². The fourth-order valence-electron chi connectivity index (χ4n) is 5.44. The van der Waals surface area contributed by atoms with E-state index < -0.39 is 5.82 Å². The highest BCUT2D eigenvalue weighted by atomic mass is 19.1. The number of likely N-dealkylation sites (tertiary alicyclic amines) is 1. The van der Waals surface area contributed by atoms with Crippen molar-refractivity contribution in [1.82, 2.24) is 19.4 Å². The smallest absolute Gasteiger partial charge is 0.222 e. The molecule has 0 N–H and O–H groups in total. The lowest BCUT2D eigenvalue weighted by atomic mass is 9.96. The highest BCUT2D eigenvalue weighted by Crippen LogP contribution is 2.41. The third-order valence-electron chi connectivity index (χ3n) is 7.65. The number of benzene rings is 2. The summed E-state index contributed by atoms with van der Waals surface area (Å²) in [5.74, 6) is 0.847. The van der Waals surface area contributed by atoms with Crippen molar-refractivity contribution in [3.8, 4) is 28.1 Å². The van der Waals surface area contributed by atoms with Gasteiger partial charge >= 0.3 is 0 Å². The van der Waals surface area contributed by atoms with Crippen LogP contribution in [0.3, 0.4) is 0 Å². The van der Waals surface area contributed by atoms with Crippen LogP contribution in [0, 0.1) is 18.3 Å². The molecule has 0 bridgehead atoms. The Balaban J connectivity index is 1.49. The molecule has 2 aromatic heterocycles. The van der Waals surface area contributed by atoms with Gasteiger partial charge in [-0.15, -0.1) is 0 Å². The van der Waals surface area contributed by atoms with Crippen molar-refractivity contribution in [2.24, 2.45) is 5.92 Å². The lowest BCUT2D eigenvalue weighted by Crippen LogP contribution is -2.31. The van der Waals surface area contributed by atoms with E-state index in [-0.39, 0.29) is 5.69 Å². The van der Waals surface area contributed by atoms with E-state index in [1.165, 1.54) is 12.1 Å². The minimum Gasteiger partial charge on any atom is -0.490 e. The molecule has 0 atom stereocenters. The maximum absolute atomic E-state index is 14.8. The lowest BCUT2D eigenvalue weighted by molar-refractivity contribution is 0.206. The van der Waals surface area contributed by atoms with Gasteiger partial charge in [0.25, 0.3) is 0 Å². The molecule has 2 aromatic carbocycles. The largest absolute Gasteiger partial charge is 0.490 e. The molecular weight excluding hydrogens is 467 g/mol. The second-order valence-corrected chi connectivity index (χ2v) is 10.1. The van der Waals surface area contributed by atoms with Gasteiger partial charge in [0, 0.05) is 24.7 Å². The quantitative estimate of drug-likeness (QED) is 0.343. The maximum atomic E-state index is 14.8. The van der Waals surface area contributed by atoms with Crippen molar-refractivity contribution in [2.75, 3.05) is 45.2 Å². The number of halogens is 1. The molecule has 2 aliphatic rings. The molecule has 37 heavy (non-hydrogen) atoms. The number of anilines is 1. The van der Waals surface area contributed by atoms with Crippen LogP contribution in [0.1, 0.15) is 12.8 Å². The topological polar surface area (TPSA) is 50.8 Å². The summed E-state index contributed by atoms with van der Waals surface area (Å²) in [6.07, 6.45) is 6.07. The molecule has 188 valence electrons. The SMILES string of the molecule is [C-]#[N+]c1ccc(-c2c(-c3ccc4c(c3)OCCN4C)ncc3c2ncn3CC2CCN(C)CC2)cc1F. The van der Waals surface area contributed by atoms with Gasteiger partial charge in [-0.3, -0.25) is 4.98 Å². The van der Waals surface area contributed by atoms with E-state index in [0.717, 1.165) is 72.6 Å². The standard InChI is InChI=1S/C29H29FN6O/c1-31-23-6-4-20(14-22(23)30)27-28(21-5-7-24-26(15-21)37-13-12-35(24)3)32-16-25-29(27)33-18-36(25)17-19-8-10-34(2)11-9-19/h4-7,14-16,18-19H,8-13,17H2,2-3H3. The summed E-state index contributed by atoms with van der Waals surface area (Å²) in [6.45, 7) is 11.8. The monoisotopic (exact) mass is 496 g/mol. The Kier molecular flexibility index (Phi) is 6.01. The zero-order chi connectivity index (χ0) is 25.5. The summed E-state index contributed by atoms with van der Waals surface area (Å²) < 4.78 is 22.9. The average Bonchev–Trinajstić information content (AvgIpc) is 3.32. The molecule has 0 unspecified atom stereocenters. The van der Waals surface area contributed by atoms with Crippen molar-refractivity contribution in [3.05, 3.63) is 66.2 Å². The molecule has 6 rings (SSSR count). The number of hydrogen-bond donors (Lipinski definition) is 0. The van der Waals surface area contributed by atoms with Gasteiger partial charge in [0.2, 0.25) is 5.69 Å². The van der Waals surface area contributed by atoms with Gasteiger partial charge in [-0.05, 0) is 62.7 Å². The van der Waals surface area contributed by atoms with Gasteiger partial charge in [0.05, 0.1) is 42.5 Å². The van der Waals surface area contributed by atoms with E-state index in [1.54, 1.807) is 6.07 Å². The highest BCUT2D eigenvalue weighted by Gasteiger charge is 2.23. The number of hydrogen-bond acceptors (Lipinski definition) is 5. The lowest BCUT2D eigenvalue weighted by Gasteiger charge is -2.29. The summed E-state index contributed by atoms with van der Waals surface area (Å²) in [5.41, 5.74) is 5.76. The normalized spacial score (nSPS) is 16.4. The molecule has 4 aromatic rings. The van der Waals surface area contributed by atoms with Crippen LogP contribution in [0.4, 0.5) is 15.8 Å². The Morgan fingerprint density at radius 2 is 1.86 bits per heavy atom. The van der Waals surface area contributed by atoms with Crippen LogP contribution in [0.2, 0.25) is 0 Å². The number of pyridine rings is 1. The molecule has 0 amide bonds. The van der Waals surface area contributed by atoms with Gasteiger partial charge in [-0.1, -0.05) is 18.2 Å². The number of rotatable bonds is 4. The molecule has 4 heterocycles. The zero-order valence-corrected chi connectivity index (χ0v) is 21.1. The number of likely N-dealkylation sites (N-methyl/N-ethyl adjacent to an activating group) is 1. The molecule has 0 radical (unpaired) electrons. The van der Waals surface area contributed by atoms with Crippen LogP contribution in [0.25, 0.3) is 38.3 Å². The maximum Gasteiger partial charge on any atom is 0.222 e. The van der Waals surface area contributed by atoms with Crippen molar-refractivity contribution in [3.63, 3.8) is 0 Å². The van der Waals surface area contributed by atoms with Crippen LogP contribution < -0.4 is 9.64 Å². The van der Waals surface area contributed by atoms with E-state index in [9.17, 15) is 4.39 Å². The molecule has 1 saturated heterocycles. The van der Waals surface area contributed by atoms with Gasteiger partial charge in [-0.2, -0.15) is 0 Å². The first-order valence-corrected chi connectivity index (χ1v) is 12.7. The molecule has 1 fully saturated rings. The van der Waals surface area contributed by atoms with E-state index in [2.05, 4.69) is 33.3 Å². The fourth-order valence-corrected chi connectivity index (χ4v) is 5.44. The first kappa shape index (κ1) is 23.4. The first-order valence-electron chi connectivity index (χ1n) is 12.7. The number of fused-ring (bicyclic) bond motifs is 2. The van der Waals surface area contributed by atoms with Crippen LogP contribution in [-0.4, -0.2) is 59.8 Å². The summed E-state index contributed by atoms with van der Waals surface area (Å²) in [7, 11) is 4.22. The number of piperidine rings is 1. The van der Waals surface area contributed by atoms with E-state index >= 15 is 0 Å². The van der Waals surface area contributed by atoms with Gasteiger partial charge in [-0.25, -0.2) is 14.2 Å². The van der Waals surface area contributed by atoms with Crippen LogP contribution in [0.15, 0.2) is 48.9 Å². The van der Waals surface area contributed by atoms with Crippen LogP contribution >= 0.6 is 0 Å². The number of nitrogens with zero attached hydrogens (tertiary/aromatic N) is 6. The Morgan fingerprint density at radius 1 is 1.05 bits per heavy atom. The fraction of sp³-hybridized carbons (Fsp3) is 0.345. The van der Waals surface area contributed by atoms with Crippen molar-refractivity contribution in [1.29, 1.82) is 0 Å². The molecule has 7 nitrogen and oxygen atoms in total. The minimum absolute atomic E-state index is 0.00319. The molecular formula is C29H29FN6O. The second kappa shape index (κ2) is 9.49. The summed E-state index contributed by atoms with van der Waals surface area (Å²) in [6, 6.07) is 10.8. The van der Waals surface area contributed by atoms with Crippen molar-refractivity contribution >= 4 is 22.4 Å². The Hall–Kier alpha value is -3.96. The Bertz CT molecular complexity index is 1520. The van der Waals surface area contributed by atoms with E-state index in [0.29, 0.717) is 23.8 Å². The average molecular weight is 497 g/mol. The van der Waals surface area contributed by atoms with Gasteiger partial charge < -0.3 is 19.1 Å². The van der Waals surface area contributed by atoms with Gasteiger partial charge in [0.15, 0.2) is 0 Å². The number of ether oxygens (including phenoxy) is 1. The first-order chi connectivity index (χ1) is 18.0. The van der Waals surface area contributed by atoms with Crippen molar-refractivity contribution < 1.29 is 9.13 Å². The van der Waals surface area contributed by atoms with E-state index in [1.807, 2.05) is 30.7 Å². The number of imidazole rings is 1. The third-order valence-corrected chi connectivity index (χ3v) is 7.65. The van der Waals surface area contributed by atoms with E-state index in [4.69, 9.17) is 21.3 Å². The summed E-state index contributed by atoms with van der Waals surface area (Å²) in [4.78, 5) is 17.6. The highest BCUT2D eigenvalue weighted by molar-refractivity contribution is 5.99. The number of aromatic nitrogens is 3. The predicted octanol–water partition coefficient (Wildman–Crippen LogP) is 5.63. The summed E-state index contributed by atoms with van der Waals surface area (Å²) >= 11 is 0. The molecule has 0 spiro atoms. The van der Waals surface area contributed by atoms with Crippen molar-refractivity contribution in [2.45, 2.75) is 19.4 Å². The molecule has 0 aliphatic carbocycles. The summed E-state index contributed by atoms with van der Waals surface area (Å²) in [5, 5.41) is 0. The second-order valence-electron chi connectivity index (χ2n) is 10.1. The molecule has 0 saturated carbocycles. The zero-order valence-electron chi connectivity index (χ0n) is 21.1. The molecule has 8 heteroatoms. The molecule has 2 aliphatic heterocycles. The Morgan fingerprint density at radius 3 is 2.65 bits per heavy atom. The predicted molar refractivity (Wildman–Crippen MR) is 144 cm³/mol. The van der Waals surface area contributed by atoms with Crippen LogP contribution in [-0.2, 0) is 6.54 Å². The van der Waals surface area contributed by atoms with Crippen LogP contribution in [0.5, 0.6) is 5.75 Å². The van der Waals surface area contributed by atoms with Gasteiger partial charge in [0.1, 0.15) is 23.7 Å².